The van der Waals surface area contributed by atoms with E-state index in [0.29, 0.717) is 13.0 Å². The summed E-state index contributed by atoms with van der Waals surface area (Å²) in [5.74, 6) is 0.207. The van der Waals surface area contributed by atoms with Crippen LogP contribution in [0.2, 0.25) is 0 Å². The van der Waals surface area contributed by atoms with Crippen molar-refractivity contribution in [2.75, 3.05) is 18.1 Å². The summed E-state index contributed by atoms with van der Waals surface area (Å²) in [7, 11) is -3.04. The summed E-state index contributed by atoms with van der Waals surface area (Å²) < 4.78 is 22.9. The predicted molar refractivity (Wildman–Crippen MR) is 63.9 cm³/mol. The lowest BCUT2D eigenvalue weighted by Gasteiger charge is -2.39. The third kappa shape index (κ3) is 3.04. The molecule has 0 radical (unpaired) electrons. The zero-order chi connectivity index (χ0) is 12.2. The molecule has 0 heterocycles. The van der Waals surface area contributed by atoms with Gasteiger partial charge in [-0.25, -0.2) is 8.42 Å². The lowest BCUT2D eigenvalue weighted by atomic mass is 9.65. The lowest BCUT2D eigenvalue weighted by molar-refractivity contribution is -0.132. The molecule has 0 aliphatic heterocycles. The molecule has 94 valence electrons. The second-order valence-corrected chi connectivity index (χ2v) is 6.97. The molecule has 5 heteroatoms. The van der Waals surface area contributed by atoms with E-state index in [4.69, 9.17) is 5.73 Å². The molecule has 1 fully saturated rings. The molecule has 1 aliphatic carbocycles. The van der Waals surface area contributed by atoms with Gasteiger partial charge in [0.25, 0.3) is 0 Å². The van der Waals surface area contributed by atoms with Gasteiger partial charge in [-0.1, -0.05) is 13.3 Å². The number of rotatable bonds is 7. The molecule has 1 saturated carbocycles. The summed E-state index contributed by atoms with van der Waals surface area (Å²) in [5, 5.41) is 0. The molecule has 0 unspecified atom stereocenters. The summed E-state index contributed by atoms with van der Waals surface area (Å²) in [5.41, 5.74) is 5.21. The molecular formula is C11H21NO3S. The molecule has 0 aromatic carbocycles. The summed E-state index contributed by atoms with van der Waals surface area (Å²) in [4.78, 5) is 11.9. The van der Waals surface area contributed by atoms with E-state index in [0.717, 1.165) is 19.3 Å². The van der Waals surface area contributed by atoms with E-state index in [9.17, 15) is 13.2 Å². The molecule has 0 aromatic rings. The maximum absolute atomic E-state index is 11.9. The van der Waals surface area contributed by atoms with Gasteiger partial charge in [0, 0.05) is 24.1 Å². The molecule has 0 amide bonds. The molecule has 0 aromatic heterocycles. The second-order valence-electron chi connectivity index (χ2n) is 4.66. The maximum atomic E-state index is 11.9. The van der Waals surface area contributed by atoms with Gasteiger partial charge in [0.1, 0.15) is 5.78 Å². The number of ketones is 1. The average Bonchev–Trinajstić information content (AvgIpc) is 2.14. The van der Waals surface area contributed by atoms with Crippen LogP contribution in [0.5, 0.6) is 0 Å². The van der Waals surface area contributed by atoms with Gasteiger partial charge in [-0.05, 0) is 19.3 Å². The Morgan fingerprint density at radius 3 is 2.31 bits per heavy atom. The number of carbonyl (C=O) groups excluding carboxylic acids is 1. The van der Waals surface area contributed by atoms with Gasteiger partial charge in [0.15, 0.2) is 9.84 Å². The van der Waals surface area contributed by atoms with Crippen LogP contribution < -0.4 is 5.73 Å². The van der Waals surface area contributed by atoms with Gasteiger partial charge in [0.05, 0.1) is 5.75 Å². The highest BCUT2D eigenvalue weighted by atomic mass is 32.2. The van der Waals surface area contributed by atoms with E-state index < -0.39 is 9.84 Å². The van der Waals surface area contributed by atoms with Crippen molar-refractivity contribution in [3.8, 4) is 0 Å². The number of nitrogens with two attached hydrogens (primary N) is 1. The number of hydrogen-bond donors (Lipinski definition) is 1. The van der Waals surface area contributed by atoms with E-state index in [1.165, 1.54) is 0 Å². The van der Waals surface area contributed by atoms with Gasteiger partial charge >= 0.3 is 0 Å². The molecule has 0 atom stereocenters. The minimum atomic E-state index is -3.04. The fourth-order valence-electron chi connectivity index (χ4n) is 2.13. The molecule has 0 spiro atoms. The van der Waals surface area contributed by atoms with Crippen LogP contribution in [-0.2, 0) is 14.6 Å². The largest absolute Gasteiger partial charge is 0.329 e. The van der Waals surface area contributed by atoms with E-state index in [-0.39, 0.29) is 29.1 Å². The van der Waals surface area contributed by atoms with Gasteiger partial charge in [-0.3, -0.25) is 4.79 Å². The van der Waals surface area contributed by atoms with Crippen LogP contribution in [0.15, 0.2) is 0 Å². The van der Waals surface area contributed by atoms with E-state index in [1.54, 1.807) is 0 Å². The van der Waals surface area contributed by atoms with Crippen LogP contribution in [0.1, 0.15) is 39.0 Å². The van der Waals surface area contributed by atoms with Gasteiger partial charge in [-0.15, -0.1) is 0 Å². The van der Waals surface area contributed by atoms with Crippen molar-refractivity contribution in [2.24, 2.45) is 11.1 Å². The Labute approximate surface area is 97.5 Å². The van der Waals surface area contributed by atoms with Crippen molar-refractivity contribution >= 4 is 15.6 Å². The van der Waals surface area contributed by atoms with Gasteiger partial charge < -0.3 is 5.73 Å². The summed E-state index contributed by atoms with van der Waals surface area (Å²) in [6, 6.07) is 0. The van der Waals surface area contributed by atoms with Crippen LogP contribution in [-0.4, -0.2) is 32.3 Å². The minimum absolute atomic E-state index is 0.0125. The number of Topliss-reactive ketones (excluding diaryl/α,β-unsaturated/α-hetero) is 1. The quantitative estimate of drug-likeness (QED) is 0.725. The molecule has 16 heavy (non-hydrogen) atoms. The summed E-state index contributed by atoms with van der Waals surface area (Å²) >= 11 is 0. The fourth-order valence-corrected chi connectivity index (χ4v) is 3.45. The van der Waals surface area contributed by atoms with Crippen molar-refractivity contribution in [1.82, 2.24) is 0 Å². The fraction of sp³-hybridized carbons (Fsp3) is 0.909. The topological polar surface area (TPSA) is 77.2 Å². The van der Waals surface area contributed by atoms with Crippen LogP contribution in [0.3, 0.4) is 0 Å². The highest BCUT2D eigenvalue weighted by Gasteiger charge is 2.42. The number of sulfone groups is 1. The normalized spacial score (nSPS) is 19.1. The molecule has 1 aliphatic rings. The Balaban J connectivity index is 2.47. The van der Waals surface area contributed by atoms with Crippen molar-refractivity contribution in [3.63, 3.8) is 0 Å². The molecule has 2 N–H and O–H groups in total. The third-order valence-corrected chi connectivity index (χ3v) is 5.30. The zero-order valence-corrected chi connectivity index (χ0v) is 10.7. The first-order valence-corrected chi connectivity index (χ1v) is 7.72. The first-order valence-electron chi connectivity index (χ1n) is 5.89. The Morgan fingerprint density at radius 2 is 1.94 bits per heavy atom. The van der Waals surface area contributed by atoms with Crippen LogP contribution in [0, 0.1) is 5.41 Å². The Hall–Kier alpha value is -0.420. The molecular weight excluding hydrogens is 226 g/mol. The zero-order valence-electron chi connectivity index (χ0n) is 9.87. The lowest BCUT2D eigenvalue weighted by Crippen LogP contribution is -2.44. The van der Waals surface area contributed by atoms with Crippen molar-refractivity contribution in [2.45, 2.75) is 39.0 Å². The van der Waals surface area contributed by atoms with Crippen molar-refractivity contribution < 1.29 is 13.2 Å². The smallest absolute Gasteiger partial charge is 0.150 e. The second kappa shape index (κ2) is 5.27. The highest BCUT2D eigenvalue weighted by molar-refractivity contribution is 7.91. The first kappa shape index (κ1) is 13.6. The Kier molecular flexibility index (Phi) is 4.50. The average molecular weight is 247 g/mol. The summed E-state index contributed by atoms with van der Waals surface area (Å²) in [6.07, 6.45) is 3.44. The number of hydrogen-bond acceptors (Lipinski definition) is 4. The predicted octanol–water partition coefficient (Wildman–Crippen LogP) is 0.899. The monoisotopic (exact) mass is 247 g/mol. The SMILES string of the molecule is CCCS(=O)(=O)CCC(=O)C1(CN)CCC1. The first-order chi connectivity index (χ1) is 7.46. The maximum Gasteiger partial charge on any atom is 0.150 e. The van der Waals surface area contributed by atoms with Crippen molar-refractivity contribution in [3.05, 3.63) is 0 Å². The summed E-state index contributed by atoms with van der Waals surface area (Å²) in [6.45, 7) is 2.19. The van der Waals surface area contributed by atoms with Crippen molar-refractivity contribution in [1.29, 1.82) is 0 Å². The molecule has 4 nitrogen and oxygen atoms in total. The van der Waals surface area contributed by atoms with E-state index in [1.807, 2.05) is 6.92 Å². The minimum Gasteiger partial charge on any atom is -0.329 e. The standard InChI is InChI=1S/C11H21NO3S/c1-2-7-16(14,15)8-4-10(13)11(9-12)5-3-6-11/h2-9,12H2,1H3. The molecule has 0 bridgehead atoms. The third-order valence-electron chi connectivity index (χ3n) is 3.45. The van der Waals surface area contributed by atoms with Crippen LogP contribution in [0.4, 0.5) is 0 Å². The van der Waals surface area contributed by atoms with E-state index in [2.05, 4.69) is 0 Å². The van der Waals surface area contributed by atoms with Crippen LogP contribution >= 0.6 is 0 Å². The van der Waals surface area contributed by atoms with Gasteiger partial charge in [-0.2, -0.15) is 0 Å². The molecule has 0 saturated heterocycles. The van der Waals surface area contributed by atoms with Gasteiger partial charge in [0.2, 0.25) is 0 Å². The number of carbonyl (C=O) groups is 1. The Morgan fingerprint density at radius 1 is 1.31 bits per heavy atom. The Bertz CT molecular complexity index is 339. The highest BCUT2D eigenvalue weighted by Crippen LogP contribution is 2.41. The molecule has 1 rings (SSSR count). The van der Waals surface area contributed by atoms with E-state index >= 15 is 0 Å². The van der Waals surface area contributed by atoms with Crippen LogP contribution in [0.25, 0.3) is 0 Å².